The molecule has 6 rings (SSSR count). The van der Waals surface area contributed by atoms with Crippen molar-refractivity contribution >= 4 is 10.0 Å². The van der Waals surface area contributed by atoms with E-state index in [-0.39, 0.29) is 5.54 Å². The van der Waals surface area contributed by atoms with E-state index in [2.05, 4.69) is 4.72 Å². The van der Waals surface area contributed by atoms with Gasteiger partial charge in [-0.05, 0) is 99.1 Å². The zero-order valence-corrected chi connectivity index (χ0v) is 17.0. The molecular weight excluding hydrogens is 370 g/mol. The zero-order valence-electron chi connectivity index (χ0n) is 16.2. The van der Waals surface area contributed by atoms with Crippen molar-refractivity contribution in [2.45, 2.75) is 55.9 Å². The predicted octanol–water partition coefficient (Wildman–Crippen LogP) is 5.03. The number of rotatable bonds is 5. The van der Waals surface area contributed by atoms with Crippen LogP contribution in [0.25, 0.3) is 0 Å². The standard InChI is InChI=1S/C23H27NO3S/c1-16-4-2-3-5-22(16)27-20-6-8-21(9-7-20)28(25,26)24-23-13-17-10-18(14-23)12-19(11-17)15-23/h2-9,17-19,24H,10-15H2,1H3. The first-order valence-corrected chi connectivity index (χ1v) is 11.8. The fourth-order valence-corrected chi connectivity index (χ4v) is 7.50. The molecule has 0 radical (unpaired) electrons. The summed E-state index contributed by atoms with van der Waals surface area (Å²) in [5.74, 6) is 3.55. The maximum Gasteiger partial charge on any atom is 0.241 e. The highest BCUT2D eigenvalue weighted by Gasteiger charge is 2.52. The number of ether oxygens (including phenoxy) is 1. The van der Waals surface area contributed by atoms with Crippen molar-refractivity contribution in [1.29, 1.82) is 0 Å². The van der Waals surface area contributed by atoms with Gasteiger partial charge in [-0.2, -0.15) is 0 Å². The molecule has 0 aliphatic heterocycles. The van der Waals surface area contributed by atoms with Gasteiger partial charge in [-0.1, -0.05) is 18.2 Å². The molecule has 1 N–H and O–H groups in total. The van der Waals surface area contributed by atoms with E-state index in [1.54, 1.807) is 24.3 Å². The third kappa shape index (κ3) is 3.35. The Labute approximate surface area is 167 Å². The van der Waals surface area contributed by atoms with Crippen molar-refractivity contribution in [3.63, 3.8) is 0 Å². The van der Waals surface area contributed by atoms with Crippen molar-refractivity contribution in [2.24, 2.45) is 17.8 Å². The minimum atomic E-state index is -3.53. The minimum absolute atomic E-state index is 0.218. The highest BCUT2D eigenvalue weighted by molar-refractivity contribution is 7.89. The van der Waals surface area contributed by atoms with Gasteiger partial charge in [0, 0.05) is 5.54 Å². The number of benzene rings is 2. The second kappa shape index (κ2) is 6.60. The molecule has 4 nitrogen and oxygen atoms in total. The van der Waals surface area contributed by atoms with Crippen LogP contribution in [0.15, 0.2) is 53.4 Å². The third-order valence-corrected chi connectivity index (χ3v) is 8.44. The van der Waals surface area contributed by atoms with Gasteiger partial charge >= 0.3 is 0 Å². The molecule has 2 aromatic carbocycles. The van der Waals surface area contributed by atoms with Crippen LogP contribution in [0.4, 0.5) is 0 Å². The molecule has 5 heteroatoms. The molecule has 28 heavy (non-hydrogen) atoms. The van der Waals surface area contributed by atoms with Gasteiger partial charge in [-0.15, -0.1) is 0 Å². The summed E-state index contributed by atoms with van der Waals surface area (Å²) >= 11 is 0. The van der Waals surface area contributed by atoms with Crippen LogP contribution in [0, 0.1) is 24.7 Å². The first-order chi connectivity index (χ1) is 13.4. The minimum Gasteiger partial charge on any atom is -0.457 e. The van der Waals surface area contributed by atoms with Crippen LogP contribution in [-0.2, 0) is 10.0 Å². The molecule has 0 heterocycles. The molecule has 2 aromatic rings. The number of hydrogen-bond donors (Lipinski definition) is 1. The maximum atomic E-state index is 13.1. The Balaban J connectivity index is 1.33. The van der Waals surface area contributed by atoms with Crippen LogP contribution >= 0.6 is 0 Å². The normalized spacial score (nSPS) is 31.1. The fraction of sp³-hybridized carbons (Fsp3) is 0.478. The smallest absolute Gasteiger partial charge is 0.241 e. The summed E-state index contributed by atoms with van der Waals surface area (Å²) < 4.78 is 35.2. The average Bonchev–Trinajstić information content (AvgIpc) is 2.62. The molecule has 4 bridgehead atoms. The van der Waals surface area contributed by atoms with E-state index in [1.165, 1.54) is 19.3 Å². The van der Waals surface area contributed by atoms with Crippen molar-refractivity contribution in [2.75, 3.05) is 0 Å². The quantitative estimate of drug-likeness (QED) is 0.769. The highest BCUT2D eigenvalue weighted by Crippen LogP contribution is 2.56. The van der Waals surface area contributed by atoms with E-state index in [0.717, 1.165) is 30.6 Å². The molecule has 0 aromatic heterocycles. The first-order valence-electron chi connectivity index (χ1n) is 10.3. The average molecular weight is 398 g/mol. The van der Waals surface area contributed by atoms with Crippen molar-refractivity contribution < 1.29 is 13.2 Å². The van der Waals surface area contributed by atoms with Crippen molar-refractivity contribution in [1.82, 2.24) is 4.72 Å². The molecular formula is C23H27NO3S. The van der Waals surface area contributed by atoms with Crippen LogP contribution in [-0.4, -0.2) is 14.0 Å². The number of hydrogen-bond acceptors (Lipinski definition) is 3. The topological polar surface area (TPSA) is 55.4 Å². The Morgan fingerprint density at radius 2 is 1.46 bits per heavy atom. The van der Waals surface area contributed by atoms with Gasteiger partial charge in [0.05, 0.1) is 4.90 Å². The Kier molecular flexibility index (Phi) is 4.29. The fourth-order valence-electron chi connectivity index (χ4n) is 6.06. The van der Waals surface area contributed by atoms with Gasteiger partial charge in [-0.3, -0.25) is 0 Å². The Morgan fingerprint density at radius 1 is 0.893 bits per heavy atom. The first kappa shape index (κ1) is 18.2. The van der Waals surface area contributed by atoms with Crippen LogP contribution in [0.3, 0.4) is 0 Å². The SMILES string of the molecule is Cc1ccccc1Oc1ccc(S(=O)(=O)NC23CC4CC(CC(C4)C2)C3)cc1. The van der Waals surface area contributed by atoms with Crippen LogP contribution < -0.4 is 9.46 Å². The summed E-state index contributed by atoms with van der Waals surface area (Å²) in [5, 5.41) is 0. The van der Waals surface area contributed by atoms with E-state index in [0.29, 0.717) is 28.4 Å². The Bertz CT molecular complexity index is 946. The molecule has 0 unspecified atom stereocenters. The van der Waals surface area contributed by atoms with Crippen molar-refractivity contribution in [3.05, 3.63) is 54.1 Å². The van der Waals surface area contributed by atoms with E-state index in [1.807, 2.05) is 31.2 Å². The molecule has 0 spiro atoms. The van der Waals surface area contributed by atoms with Gasteiger partial charge in [0.15, 0.2) is 0 Å². The lowest BCUT2D eigenvalue weighted by Gasteiger charge is -2.56. The lowest BCUT2D eigenvalue weighted by Crippen LogP contribution is -2.59. The van der Waals surface area contributed by atoms with Gasteiger partial charge < -0.3 is 4.74 Å². The summed E-state index contributed by atoms with van der Waals surface area (Å²) in [6.07, 6.45) is 6.91. The molecule has 148 valence electrons. The van der Waals surface area contributed by atoms with Gasteiger partial charge in [-0.25, -0.2) is 13.1 Å². The van der Waals surface area contributed by atoms with Crippen LogP contribution in [0.5, 0.6) is 11.5 Å². The molecule has 0 atom stereocenters. The monoisotopic (exact) mass is 397 g/mol. The summed E-state index contributed by atoms with van der Waals surface area (Å²) in [5.41, 5.74) is 0.826. The maximum absolute atomic E-state index is 13.1. The third-order valence-electron chi connectivity index (χ3n) is 6.84. The number of nitrogens with one attached hydrogen (secondary N) is 1. The largest absolute Gasteiger partial charge is 0.457 e. The van der Waals surface area contributed by atoms with Gasteiger partial charge in [0.25, 0.3) is 0 Å². The van der Waals surface area contributed by atoms with E-state index in [4.69, 9.17) is 4.74 Å². The molecule has 4 saturated carbocycles. The van der Waals surface area contributed by atoms with E-state index in [9.17, 15) is 8.42 Å². The summed E-state index contributed by atoms with van der Waals surface area (Å²) in [6, 6.07) is 14.6. The highest BCUT2D eigenvalue weighted by atomic mass is 32.2. The summed E-state index contributed by atoms with van der Waals surface area (Å²) in [7, 11) is -3.53. The lowest BCUT2D eigenvalue weighted by atomic mass is 9.53. The van der Waals surface area contributed by atoms with Crippen molar-refractivity contribution in [3.8, 4) is 11.5 Å². The Hall–Kier alpha value is -1.85. The zero-order chi connectivity index (χ0) is 19.4. The lowest BCUT2D eigenvalue weighted by molar-refractivity contribution is -0.00810. The van der Waals surface area contributed by atoms with E-state index >= 15 is 0 Å². The second-order valence-corrected chi connectivity index (χ2v) is 10.8. The van der Waals surface area contributed by atoms with Crippen LogP contribution in [0.2, 0.25) is 0 Å². The molecule has 0 amide bonds. The second-order valence-electron chi connectivity index (χ2n) is 9.14. The molecule has 0 saturated heterocycles. The summed E-state index contributed by atoms with van der Waals surface area (Å²) in [6.45, 7) is 1.99. The molecule has 4 aliphatic carbocycles. The van der Waals surface area contributed by atoms with Gasteiger partial charge in [0.2, 0.25) is 10.0 Å². The van der Waals surface area contributed by atoms with Crippen LogP contribution in [0.1, 0.15) is 44.1 Å². The summed E-state index contributed by atoms with van der Waals surface area (Å²) in [4.78, 5) is 0.320. The number of aryl methyl sites for hydroxylation is 1. The molecule has 4 aliphatic rings. The number of para-hydroxylation sites is 1. The van der Waals surface area contributed by atoms with E-state index < -0.39 is 10.0 Å². The number of sulfonamides is 1. The van der Waals surface area contributed by atoms with Gasteiger partial charge in [0.1, 0.15) is 11.5 Å². The Morgan fingerprint density at radius 3 is 2.04 bits per heavy atom. The predicted molar refractivity (Wildman–Crippen MR) is 109 cm³/mol. The molecule has 4 fully saturated rings.